The minimum absolute atomic E-state index is 0.360. The summed E-state index contributed by atoms with van der Waals surface area (Å²) in [7, 11) is 0. The molecule has 13 heavy (non-hydrogen) atoms. The number of hydrogen-bond acceptors (Lipinski definition) is 0. The molecule has 0 aliphatic carbocycles. The molecule has 0 spiro atoms. The topological polar surface area (TPSA) is 0 Å². The molecule has 0 aliphatic heterocycles. The average molecular weight is 205 g/mol. The molecule has 0 aromatic carbocycles. The van der Waals surface area contributed by atoms with Gasteiger partial charge in [-0.05, 0) is 24.2 Å². The van der Waals surface area contributed by atoms with Crippen LogP contribution in [0.3, 0.4) is 0 Å². The van der Waals surface area contributed by atoms with Crippen molar-refractivity contribution in [3.63, 3.8) is 0 Å². The van der Waals surface area contributed by atoms with E-state index in [1.165, 1.54) is 19.3 Å². The smallest absolute Gasteiger partial charge is 0.0387 e. The molecule has 0 rings (SSSR count). The monoisotopic (exact) mass is 204 g/mol. The molecule has 0 heterocycles. The lowest BCUT2D eigenvalue weighted by atomic mass is 9.86. The molecule has 0 nitrogen and oxygen atoms in total. The summed E-state index contributed by atoms with van der Waals surface area (Å²) in [6.45, 7) is 11.3. The lowest BCUT2D eigenvalue weighted by Gasteiger charge is -2.26. The van der Waals surface area contributed by atoms with Crippen LogP contribution in [0.15, 0.2) is 0 Å². The van der Waals surface area contributed by atoms with E-state index in [0.717, 1.165) is 5.92 Å². The first kappa shape index (κ1) is 13.3. The van der Waals surface area contributed by atoms with E-state index >= 15 is 0 Å². The van der Waals surface area contributed by atoms with Gasteiger partial charge in [0.15, 0.2) is 0 Å². The highest BCUT2D eigenvalue weighted by atomic mass is 35.5. The summed E-state index contributed by atoms with van der Waals surface area (Å²) in [6.07, 6.45) is 3.79. The predicted octanol–water partition coefficient (Wildman–Crippen LogP) is 4.71. The summed E-state index contributed by atoms with van der Waals surface area (Å²) in [6, 6.07) is 0. The summed E-state index contributed by atoms with van der Waals surface area (Å²) in [4.78, 5) is 0. The molecule has 1 heteroatoms. The van der Waals surface area contributed by atoms with Gasteiger partial charge in [0.25, 0.3) is 0 Å². The highest BCUT2D eigenvalue weighted by molar-refractivity contribution is 6.20. The lowest BCUT2D eigenvalue weighted by molar-refractivity contribution is 0.326. The van der Waals surface area contributed by atoms with Gasteiger partial charge in [-0.2, -0.15) is 0 Å². The van der Waals surface area contributed by atoms with Crippen molar-refractivity contribution in [2.24, 2.45) is 17.8 Å². The molecule has 0 amide bonds. The van der Waals surface area contributed by atoms with E-state index < -0.39 is 0 Å². The Morgan fingerprint density at radius 3 is 1.85 bits per heavy atom. The molecule has 3 unspecified atom stereocenters. The number of halogens is 1. The summed E-state index contributed by atoms with van der Waals surface area (Å²) >= 11 is 6.38. The van der Waals surface area contributed by atoms with E-state index in [-0.39, 0.29) is 0 Å². The van der Waals surface area contributed by atoms with Gasteiger partial charge in [-0.1, -0.05) is 47.5 Å². The largest absolute Gasteiger partial charge is 0.122 e. The van der Waals surface area contributed by atoms with Gasteiger partial charge in [-0.25, -0.2) is 0 Å². The Balaban J connectivity index is 4.01. The van der Waals surface area contributed by atoms with Crippen molar-refractivity contribution in [1.82, 2.24) is 0 Å². The van der Waals surface area contributed by atoms with Crippen LogP contribution < -0.4 is 0 Å². The second-order valence-electron chi connectivity index (χ2n) is 4.61. The molecule has 0 aliphatic rings. The second kappa shape index (κ2) is 6.70. The van der Waals surface area contributed by atoms with Crippen molar-refractivity contribution < 1.29 is 0 Å². The minimum Gasteiger partial charge on any atom is -0.122 e. The standard InChI is InChI=1S/C12H25Cl/c1-6-10(5)8-11(7-2)12(13)9(3)4/h9-12H,6-8H2,1-5H3. The number of hydrogen-bond donors (Lipinski definition) is 0. The third kappa shape index (κ3) is 4.90. The third-order valence-corrected chi connectivity index (χ3v) is 3.87. The second-order valence-corrected chi connectivity index (χ2v) is 5.11. The van der Waals surface area contributed by atoms with Crippen LogP contribution >= 0.6 is 11.6 Å². The van der Waals surface area contributed by atoms with Crippen molar-refractivity contribution in [2.75, 3.05) is 0 Å². The Morgan fingerprint density at radius 1 is 1.00 bits per heavy atom. The van der Waals surface area contributed by atoms with E-state index in [1.54, 1.807) is 0 Å². The summed E-state index contributed by atoms with van der Waals surface area (Å²) in [5.74, 6) is 2.14. The number of alkyl halides is 1. The molecular weight excluding hydrogens is 180 g/mol. The molecular formula is C12H25Cl. The van der Waals surface area contributed by atoms with Gasteiger partial charge in [0.2, 0.25) is 0 Å². The first-order valence-electron chi connectivity index (χ1n) is 5.66. The van der Waals surface area contributed by atoms with Crippen LogP contribution in [0.5, 0.6) is 0 Å². The van der Waals surface area contributed by atoms with Crippen LogP contribution in [0.25, 0.3) is 0 Å². The maximum atomic E-state index is 6.38. The molecule has 0 aromatic rings. The maximum Gasteiger partial charge on any atom is 0.0387 e. The van der Waals surface area contributed by atoms with Crippen molar-refractivity contribution >= 4 is 11.6 Å². The van der Waals surface area contributed by atoms with Gasteiger partial charge in [-0.3, -0.25) is 0 Å². The zero-order chi connectivity index (χ0) is 10.4. The molecule has 0 fully saturated rings. The summed E-state index contributed by atoms with van der Waals surface area (Å²) in [5, 5.41) is 0.360. The highest BCUT2D eigenvalue weighted by Gasteiger charge is 2.21. The Hall–Kier alpha value is 0.290. The van der Waals surface area contributed by atoms with Crippen molar-refractivity contribution in [1.29, 1.82) is 0 Å². The van der Waals surface area contributed by atoms with Crippen LogP contribution in [-0.2, 0) is 0 Å². The van der Waals surface area contributed by atoms with Crippen molar-refractivity contribution in [3.05, 3.63) is 0 Å². The quantitative estimate of drug-likeness (QED) is 0.550. The first-order chi connectivity index (χ1) is 6.02. The summed E-state index contributed by atoms with van der Waals surface area (Å²) < 4.78 is 0. The maximum absolute atomic E-state index is 6.38. The molecule has 0 radical (unpaired) electrons. The van der Waals surface area contributed by atoms with Crippen LogP contribution in [-0.4, -0.2) is 5.38 Å². The molecule has 0 aromatic heterocycles. The number of rotatable bonds is 6. The Morgan fingerprint density at radius 2 is 1.54 bits per heavy atom. The predicted molar refractivity (Wildman–Crippen MR) is 62.3 cm³/mol. The van der Waals surface area contributed by atoms with E-state index in [0.29, 0.717) is 17.2 Å². The van der Waals surface area contributed by atoms with Gasteiger partial charge in [0.1, 0.15) is 0 Å². The van der Waals surface area contributed by atoms with E-state index in [2.05, 4.69) is 34.6 Å². The Kier molecular flexibility index (Phi) is 6.85. The zero-order valence-corrected chi connectivity index (χ0v) is 10.6. The fourth-order valence-corrected chi connectivity index (χ4v) is 2.03. The van der Waals surface area contributed by atoms with Crippen LogP contribution in [0.1, 0.15) is 53.9 Å². The van der Waals surface area contributed by atoms with Gasteiger partial charge in [0, 0.05) is 5.38 Å². The van der Waals surface area contributed by atoms with Gasteiger partial charge in [0.05, 0.1) is 0 Å². The van der Waals surface area contributed by atoms with Crippen molar-refractivity contribution in [2.45, 2.75) is 59.3 Å². The molecule has 80 valence electrons. The molecule has 3 atom stereocenters. The molecule has 0 saturated heterocycles. The van der Waals surface area contributed by atoms with Crippen LogP contribution in [0.4, 0.5) is 0 Å². The van der Waals surface area contributed by atoms with E-state index in [9.17, 15) is 0 Å². The summed E-state index contributed by atoms with van der Waals surface area (Å²) in [5.41, 5.74) is 0. The van der Waals surface area contributed by atoms with Crippen LogP contribution in [0.2, 0.25) is 0 Å². The third-order valence-electron chi connectivity index (χ3n) is 3.01. The van der Waals surface area contributed by atoms with Gasteiger partial charge >= 0.3 is 0 Å². The fourth-order valence-electron chi connectivity index (χ4n) is 1.75. The normalized spacial score (nSPS) is 18.7. The SMILES string of the molecule is CCC(C)CC(CC)C(Cl)C(C)C. The van der Waals surface area contributed by atoms with E-state index in [4.69, 9.17) is 11.6 Å². The highest BCUT2D eigenvalue weighted by Crippen LogP contribution is 2.28. The Bertz CT molecular complexity index is 120. The zero-order valence-electron chi connectivity index (χ0n) is 9.81. The van der Waals surface area contributed by atoms with E-state index in [1.807, 2.05) is 0 Å². The molecule has 0 N–H and O–H groups in total. The van der Waals surface area contributed by atoms with Crippen molar-refractivity contribution in [3.8, 4) is 0 Å². The minimum atomic E-state index is 0.360. The van der Waals surface area contributed by atoms with Gasteiger partial charge < -0.3 is 0 Å². The van der Waals surface area contributed by atoms with Crippen LogP contribution in [0, 0.1) is 17.8 Å². The Labute approximate surface area is 89.1 Å². The lowest BCUT2D eigenvalue weighted by Crippen LogP contribution is -2.22. The molecule has 0 saturated carbocycles. The first-order valence-corrected chi connectivity index (χ1v) is 6.10. The van der Waals surface area contributed by atoms with Gasteiger partial charge in [-0.15, -0.1) is 11.6 Å². The fraction of sp³-hybridized carbons (Fsp3) is 1.00. The molecule has 0 bridgehead atoms. The average Bonchev–Trinajstić information content (AvgIpc) is 2.12.